The van der Waals surface area contributed by atoms with Crippen LogP contribution in [-0.4, -0.2) is 50.5 Å². The molecule has 0 spiro atoms. The molecular weight excluding hydrogens is 594 g/mol. The maximum atomic E-state index is 12.8. The van der Waals surface area contributed by atoms with E-state index in [0.717, 1.165) is 49.8 Å². The Kier molecular flexibility index (Phi) is 14.2. The average molecular weight is 632 g/mol. The third kappa shape index (κ3) is 11.3. The Morgan fingerprint density at radius 2 is 1.52 bits per heavy atom. The number of hydrogen-bond acceptors (Lipinski definition) is 11. The molecule has 2 N–H and O–H groups in total. The lowest BCUT2D eigenvalue weighted by Gasteiger charge is -2.06. The van der Waals surface area contributed by atoms with Gasteiger partial charge in [-0.05, 0) is 79.3 Å². The number of nitrogens with one attached hydrogen (secondary N) is 1. The molecule has 44 heavy (non-hydrogen) atoms. The highest BCUT2D eigenvalue weighted by atomic mass is 32.2. The van der Waals surface area contributed by atoms with Crippen LogP contribution in [0.2, 0.25) is 0 Å². The van der Waals surface area contributed by atoms with Gasteiger partial charge in [-0.25, -0.2) is 18.7 Å². The molecule has 1 heterocycles. The molecule has 14 heteroatoms. The zero-order valence-corrected chi connectivity index (χ0v) is 25.1. The minimum Gasteiger partial charge on any atom is -0.494 e. The maximum Gasteiger partial charge on any atom is 0.414 e. The van der Waals surface area contributed by atoms with E-state index in [2.05, 4.69) is 9.79 Å². The Balaban J connectivity index is 1.25. The van der Waals surface area contributed by atoms with Crippen molar-refractivity contribution in [3.8, 4) is 11.6 Å². The van der Waals surface area contributed by atoms with E-state index >= 15 is 0 Å². The Morgan fingerprint density at radius 1 is 0.886 bits per heavy atom. The Hall–Kier alpha value is -4.43. The van der Waals surface area contributed by atoms with E-state index in [1.807, 2.05) is 24.3 Å². The first-order valence-corrected chi connectivity index (χ1v) is 15.8. The van der Waals surface area contributed by atoms with Crippen molar-refractivity contribution < 1.29 is 47.0 Å². The lowest BCUT2D eigenvalue weighted by Crippen LogP contribution is -2.30. The molecule has 1 aromatic heterocycles. The van der Waals surface area contributed by atoms with Crippen molar-refractivity contribution >= 4 is 27.8 Å². The second kappa shape index (κ2) is 18.3. The van der Waals surface area contributed by atoms with Gasteiger partial charge >= 0.3 is 16.9 Å². The van der Waals surface area contributed by atoms with Gasteiger partial charge in [0, 0.05) is 12.5 Å². The molecule has 13 nitrogen and oxygen atoms in total. The second-order valence-electron chi connectivity index (χ2n) is 9.74. The van der Waals surface area contributed by atoms with E-state index in [4.69, 9.17) is 19.4 Å². The molecule has 238 valence electrons. The number of sulfone groups is 1. The number of carbonyl (C=O) groups excluding carboxylic acids is 2. The lowest BCUT2D eigenvalue weighted by atomic mass is 10.1. The Morgan fingerprint density at radius 3 is 2.20 bits per heavy atom. The van der Waals surface area contributed by atoms with E-state index in [9.17, 15) is 23.2 Å². The van der Waals surface area contributed by atoms with Crippen LogP contribution in [0.25, 0.3) is 6.08 Å². The quantitative estimate of drug-likeness (QED) is 0.0456. The van der Waals surface area contributed by atoms with Gasteiger partial charge in [-0.3, -0.25) is 14.6 Å². The third-order valence-electron chi connectivity index (χ3n) is 6.36. The first kappa shape index (κ1) is 34.1. The summed E-state index contributed by atoms with van der Waals surface area (Å²) >= 11 is 0. The first-order valence-electron chi connectivity index (χ1n) is 14.3. The number of esters is 1. The molecule has 0 aliphatic carbocycles. The molecule has 0 atom stereocenters. The van der Waals surface area contributed by atoms with Gasteiger partial charge in [0.05, 0.1) is 29.9 Å². The summed E-state index contributed by atoms with van der Waals surface area (Å²) in [6.07, 6.45) is 9.39. The van der Waals surface area contributed by atoms with Crippen LogP contribution < -0.4 is 19.9 Å². The van der Waals surface area contributed by atoms with Crippen LogP contribution >= 0.6 is 0 Å². The summed E-state index contributed by atoms with van der Waals surface area (Å²) in [7, 11) is -4.16. The van der Waals surface area contributed by atoms with Crippen molar-refractivity contribution in [2.45, 2.75) is 67.7 Å². The highest BCUT2D eigenvalue weighted by molar-refractivity contribution is 7.91. The van der Waals surface area contributed by atoms with Crippen LogP contribution in [0.3, 0.4) is 0 Å². The summed E-state index contributed by atoms with van der Waals surface area (Å²) in [6, 6.07) is 14.8. The van der Waals surface area contributed by atoms with Crippen molar-refractivity contribution in [1.29, 1.82) is 0 Å². The predicted octanol–water partition coefficient (Wildman–Crippen LogP) is 4.17. The van der Waals surface area contributed by atoms with Crippen LogP contribution in [-0.2, 0) is 24.2 Å². The normalized spacial score (nSPS) is 11.4. The van der Waals surface area contributed by atoms with Gasteiger partial charge in [-0.2, -0.15) is 0 Å². The van der Waals surface area contributed by atoms with Crippen molar-refractivity contribution in [1.82, 2.24) is 10.6 Å². The van der Waals surface area contributed by atoms with E-state index in [1.165, 1.54) is 18.2 Å². The minimum atomic E-state index is -4.16. The van der Waals surface area contributed by atoms with E-state index in [-0.39, 0.29) is 34.8 Å². The molecule has 0 saturated carbocycles. The highest BCUT2D eigenvalue weighted by Crippen LogP contribution is 2.25. The predicted molar refractivity (Wildman–Crippen MR) is 156 cm³/mol. The summed E-state index contributed by atoms with van der Waals surface area (Å²) in [5.41, 5.74) is 2.44. The van der Waals surface area contributed by atoms with Gasteiger partial charge in [-0.1, -0.05) is 43.2 Å². The van der Waals surface area contributed by atoms with Crippen molar-refractivity contribution in [3.63, 3.8) is 0 Å². The molecule has 0 bridgehead atoms. The molecule has 0 aliphatic heterocycles. The molecule has 0 saturated heterocycles. The number of hydroxylamine groups is 1. The van der Waals surface area contributed by atoms with Crippen LogP contribution in [0.5, 0.6) is 11.6 Å². The second-order valence-corrected chi connectivity index (χ2v) is 11.6. The molecular formula is C30H37N3O10S. The summed E-state index contributed by atoms with van der Waals surface area (Å²) in [4.78, 5) is 22.7. The molecule has 0 unspecified atom stereocenters. The van der Waals surface area contributed by atoms with Crippen molar-refractivity contribution in [3.05, 3.63) is 71.4 Å². The number of aromatic nitrogens is 2. The summed E-state index contributed by atoms with van der Waals surface area (Å²) in [5.74, 6) is -0.484. The number of benzene rings is 2. The van der Waals surface area contributed by atoms with Gasteiger partial charge < -0.3 is 19.4 Å². The zero-order valence-electron chi connectivity index (χ0n) is 24.3. The maximum absolute atomic E-state index is 12.8. The van der Waals surface area contributed by atoms with Crippen LogP contribution in [0, 0.1) is 5.21 Å². The molecule has 1 amide bonds. The molecule has 3 rings (SSSR count). The fraction of sp³-hybridized carbons (Fsp3) is 0.400. The van der Waals surface area contributed by atoms with Gasteiger partial charge in [0.1, 0.15) is 5.75 Å². The number of rotatable bonds is 20. The Bertz CT molecular complexity index is 1440. The number of nitrogens with zero attached hydrogens (tertiary/aromatic N) is 2. The van der Waals surface area contributed by atoms with Gasteiger partial charge in [-0.15, -0.1) is 0 Å². The molecule has 0 radical (unpaired) electrons. The summed E-state index contributed by atoms with van der Waals surface area (Å²) in [6.45, 7) is 0.942. The molecule has 3 aromatic rings. The number of hydrogen-bond donors (Lipinski definition) is 2. The fourth-order valence-corrected chi connectivity index (χ4v) is 5.31. The fourth-order valence-electron chi connectivity index (χ4n) is 4.01. The first-order chi connectivity index (χ1) is 21.3. The van der Waals surface area contributed by atoms with Crippen LogP contribution in [0.4, 0.5) is 0 Å². The lowest BCUT2D eigenvalue weighted by molar-refractivity contribution is -0.832. The van der Waals surface area contributed by atoms with E-state index in [1.54, 1.807) is 29.8 Å². The largest absolute Gasteiger partial charge is 0.494 e. The summed E-state index contributed by atoms with van der Waals surface area (Å²) in [5, 5.41) is 23.1. The number of unbranched alkanes of at least 4 members (excludes halogenated alkanes) is 6. The zero-order chi connectivity index (χ0) is 31.6. The molecule has 2 aromatic carbocycles. The molecule has 0 fully saturated rings. The standard InChI is InChI=1S/C30H37N3O10S/c34-27(31-36)14-8-1-2-9-21-40-25-18-15-24(16-19-25)17-20-28(35)41-22-10-3-4-11-23-42-29-30(33(37)43-32-29)44(38,39)26-12-6-5-7-13-26/h5-7,12-13,15-20,36H,1-4,8-11,14,21-23H2,(H,31,34). The number of amides is 1. The Labute approximate surface area is 255 Å². The average Bonchev–Trinajstić information content (AvgIpc) is 3.42. The van der Waals surface area contributed by atoms with Gasteiger partial charge in [0.25, 0.3) is 9.84 Å². The van der Waals surface area contributed by atoms with Crippen LogP contribution in [0.1, 0.15) is 63.4 Å². The monoisotopic (exact) mass is 631 g/mol. The summed E-state index contributed by atoms with van der Waals surface area (Å²) < 4.78 is 46.3. The SMILES string of the molecule is O=C(CCCCCCOc1ccc(C=CC(=O)OCCCCCCOc2no[n+]([O-])c2S(=O)(=O)c2ccccc2)cc1)NO. The topological polar surface area (TPSA) is 181 Å². The van der Waals surface area contributed by atoms with Crippen LogP contribution in [0.15, 0.2) is 75.2 Å². The number of carbonyl (C=O) groups is 2. The third-order valence-corrected chi connectivity index (χ3v) is 8.09. The smallest absolute Gasteiger partial charge is 0.414 e. The number of ether oxygens (including phenoxy) is 3. The molecule has 0 aliphatic rings. The highest BCUT2D eigenvalue weighted by Gasteiger charge is 2.35. The van der Waals surface area contributed by atoms with Gasteiger partial charge in [0.2, 0.25) is 5.91 Å². The minimum absolute atomic E-state index is 0.0743. The van der Waals surface area contributed by atoms with Crippen molar-refractivity contribution in [2.24, 2.45) is 0 Å². The van der Waals surface area contributed by atoms with E-state index in [0.29, 0.717) is 25.9 Å². The van der Waals surface area contributed by atoms with Crippen molar-refractivity contribution in [2.75, 3.05) is 19.8 Å². The van der Waals surface area contributed by atoms with E-state index < -0.39 is 20.8 Å². The van der Waals surface area contributed by atoms with Gasteiger partial charge in [0.15, 0.2) is 0 Å².